The average molecular weight is 182 g/mol. The molecule has 0 saturated carbocycles. The first kappa shape index (κ1) is 7.55. The number of aryl methyl sites for hydroxylation is 2. The lowest BCUT2D eigenvalue weighted by Crippen LogP contribution is -1.89. The topological polar surface area (TPSA) is 30.7 Å². The molecule has 0 spiro atoms. The largest absolute Gasteiger partial charge is 0.330 e. The molecule has 62 valence electrons. The van der Waals surface area contributed by atoms with Gasteiger partial charge >= 0.3 is 0 Å². The lowest BCUT2D eigenvalue weighted by molar-refractivity contribution is 0.886. The fourth-order valence-electron chi connectivity index (χ4n) is 1.16. The van der Waals surface area contributed by atoms with E-state index in [2.05, 4.69) is 9.97 Å². The Kier molecular flexibility index (Phi) is 1.54. The molecule has 0 radical (unpaired) electrons. The normalized spacial score (nSPS) is 10.9. The molecule has 4 heteroatoms. The number of hydrogen-bond acceptors (Lipinski definition) is 2. The average Bonchev–Trinajstić information content (AvgIpc) is 2.31. The first-order valence-corrected chi connectivity index (χ1v) is 4.01. The number of imidazole rings is 1. The number of halogens is 1. The molecule has 0 amide bonds. The molecule has 0 bridgehead atoms. The van der Waals surface area contributed by atoms with Crippen LogP contribution in [0.5, 0.6) is 0 Å². The molecule has 0 aliphatic heterocycles. The van der Waals surface area contributed by atoms with Crippen molar-refractivity contribution in [1.29, 1.82) is 0 Å². The minimum absolute atomic E-state index is 0.644. The van der Waals surface area contributed by atoms with E-state index in [1.165, 1.54) is 0 Å². The molecule has 0 atom stereocenters. The maximum Gasteiger partial charge on any atom is 0.177 e. The molecular weight excluding hydrogens is 174 g/mol. The number of hydrogen-bond donors (Lipinski definition) is 0. The third-order valence-electron chi connectivity index (χ3n) is 1.93. The van der Waals surface area contributed by atoms with Gasteiger partial charge in [0.2, 0.25) is 0 Å². The first-order valence-electron chi connectivity index (χ1n) is 3.63. The summed E-state index contributed by atoms with van der Waals surface area (Å²) in [5.41, 5.74) is 1.72. The van der Waals surface area contributed by atoms with Gasteiger partial charge in [0.25, 0.3) is 0 Å². The summed E-state index contributed by atoms with van der Waals surface area (Å²) in [6.07, 6.45) is 1.61. The third-order valence-corrected chi connectivity index (χ3v) is 2.14. The van der Waals surface area contributed by atoms with Crippen molar-refractivity contribution >= 4 is 22.8 Å². The highest BCUT2D eigenvalue weighted by Gasteiger charge is 2.04. The van der Waals surface area contributed by atoms with Gasteiger partial charge in [-0.05, 0) is 13.0 Å². The zero-order chi connectivity index (χ0) is 8.72. The fraction of sp³-hybridized carbons (Fsp3) is 0.250. The van der Waals surface area contributed by atoms with Gasteiger partial charge in [0.05, 0.1) is 10.5 Å². The van der Waals surface area contributed by atoms with Gasteiger partial charge in [-0.25, -0.2) is 9.97 Å². The Hall–Kier alpha value is -1.09. The fourth-order valence-corrected chi connectivity index (χ4v) is 1.31. The summed E-state index contributed by atoms with van der Waals surface area (Å²) in [5, 5.41) is 0.644. The second-order valence-electron chi connectivity index (χ2n) is 2.71. The SMILES string of the molecule is Cc1nc2ncc(Cl)cc2n1C. The summed E-state index contributed by atoms with van der Waals surface area (Å²) in [4.78, 5) is 8.35. The molecule has 0 unspecified atom stereocenters. The van der Waals surface area contributed by atoms with Gasteiger partial charge in [-0.15, -0.1) is 0 Å². The standard InChI is InChI=1S/C8H8ClN3/c1-5-11-8-7(12(5)2)3-6(9)4-10-8/h3-4H,1-2H3. The summed E-state index contributed by atoms with van der Waals surface area (Å²) < 4.78 is 1.97. The lowest BCUT2D eigenvalue weighted by Gasteiger charge is -1.94. The Morgan fingerprint density at radius 3 is 3.00 bits per heavy atom. The van der Waals surface area contributed by atoms with Crippen molar-refractivity contribution in [2.75, 3.05) is 0 Å². The van der Waals surface area contributed by atoms with E-state index in [0.29, 0.717) is 5.02 Å². The number of aromatic nitrogens is 3. The van der Waals surface area contributed by atoms with Crippen molar-refractivity contribution in [2.45, 2.75) is 6.92 Å². The van der Waals surface area contributed by atoms with E-state index in [0.717, 1.165) is 17.0 Å². The van der Waals surface area contributed by atoms with Gasteiger partial charge < -0.3 is 4.57 Å². The molecule has 0 aliphatic carbocycles. The highest BCUT2D eigenvalue weighted by molar-refractivity contribution is 6.31. The Balaban J connectivity index is 2.88. The van der Waals surface area contributed by atoms with Crippen molar-refractivity contribution in [3.63, 3.8) is 0 Å². The van der Waals surface area contributed by atoms with Crippen LogP contribution in [0.4, 0.5) is 0 Å². The van der Waals surface area contributed by atoms with Crippen molar-refractivity contribution in [3.05, 3.63) is 23.1 Å². The van der Waals surface area contributed by atoms with Crippen LogP contribution in [0.15, 0.2) is 12.3 Å². The van der Waals surface area contributed by atoms with E-state index >= 15 is 0 Å². The summed E-state index contributed by atoms with van der Waals surface area (Å²) in [7, 11) is 1.95. The van der Waals surface area contributed by atoms with Crippen molar-refractivity contribution in [3.8, 4) is 0 Å². The van der Waals surface area contributed by atoms with Crippen LogP contribution in [-0.4, -0.2) is 14.5 Å². The molecule has 2 aromatic rings. The van der Waals surface area contributed by atoms with E-state index in [4.69, 9.17) is 11.6 Å². The van der Waals surface area contributed by atoms with E-state index in [-0.39, 0.29) is 0 Å². The van der Waals surface area contributed by atoms with Gasteiger partial charge in [0.1, 0.15) is 5.82 Å². The van der Waals surface area contributed by atoms with Gasteiger partial charge in [0, 0.05) is 13.2 Å². The van der Waals surface area contributed by atoms with Crippen molar-refractivity contribution in [2.24, 2.45) is 7.05 Å². The van der Waals surface area contributed by atoms with Gasteiger partial charge in [-0.2, -0.15) is 0 Å². The predicted octanol–water partition coefficient (Wildman–Crippen LogP) is 1.93. The van der Waals surface area contributed by atoms with Crippen LogP contribution in [0.3, 0.4) is 0 Å². The molecule has 2 rings (SSSR count). The van der Waals surface area contributed by atoms with E-state index in [9.17, 15) is 0 Å². The molecule has 0 aliphatic rings. The third kappa shape index (κ3) is 0.975. The smallest absolute Gasteiger partial charge is 0.177 e. The molecule has 2 aromatic heterocycles. The highest BCUT2D eigenvalue weighted by atomic mass is 35.5. The minimum atomic E-state index is 0.644. The number of nitrogens with zero attached hydrogens (tertiary/aromatic N) is 3. The maximum absolute atomic E-state index is 5.80. The monoisotopic (exact) mass is 181 g/mol. The van der Waals surface area contributed by atoms with Crippen LogP contribution in [0.25, 0.3) is 11.2 Å². The Bertz CT molecular complexity index is 433. The number of rotatable bonds is 0. The summed E-state index contributed by atoms with van der Waals surface area (Å²) >= 11 is 5.80. The maximum atomic E-state index is 5.80. The molecule has 2 heterocycles. The second-order valence-corrected chi connectivity index (χ2v) is 3.15. The minimum Gasteiger partial charge on any atom is -0.330 e. The van der Waals surface area contributed by atoms with Crippen LogP contribution in [0.1, 0.15) is 5.82 Å². The van der Waals surface area contributed by atoms with Crippen molar-refractivity contribution in [1.82, 2.24) is 14.5 Å². The van der Waals surface area contributed by atoms with Crippen LogP contribution >= 0.6 is 11.6 Å². The highest BCUT2D eigenvalue weighted by Crippen LogP contribution is 2.16. The van der Waals surface area contributed by atoms with E-state index in [1.54, 1.807) is 6.20 Å². The van der Waals surface area contributed by atoms with Crippen LogP contribution in [-0.2, 0) is 7.05 Å². The molecule has 0 aromatic carbocycles. The quantitative estimate of drug-likeness (QED) is 0.622. The molecule has 0 N–H and O–H groups in total. The van der Waals surface area contributed by atoms with Crippen molar-refractivity contribution < 1.29 is 0 Å². The van der Waals surface area contributed by atoms with Crippen LogP contribution in [0.2, 0.25) is 5.02 Å². The Morgan fingerprint density at radius 1 is 1.50 bits per heavy atom. The molecular formula is C8H8ClN3. The Morgan fingerprint density at radius 2 is 2.25 bits per heavy atom. The van der Waals surface area contributed by atoms with Gasteiger partial charge in [0.15, 0.2) is 5.65 Å². The van der Waals surface area contributed by atoms with Crippen LogP contribution in [0, 0.1) is 6.92 Å². The summed E-state index contributed by atoms with van der Waals surface area (Å²) in [6, 6.07) is 1.86. The second kappa shape index (κ2) is 2.45. The molecule has 0 fully saturated rings. The molecule has 3 nitrogen and oxygen atoms in total. The lowest BCUT2D eigenvalue weighted by atomic mass is 10.4. The van der Waals surface area contributed by atoms with Crippen LogP contribution < -0.4 is 0 Å². The zero-order valence-electron chi connectivity index (χ0n) is 6.87. The summed E-state index contributed by atoms with van der Waals surface area (Å²) in [5.74, 6) is 0.944. The number of pyridine rings is 1. The number of fused-ring (bicyclic) bond motifs is 1. The van der Waals surface area contributed by atoms with Gasteiger partial charge in [-0.3, -0.25) is 0 Å². The summed E-state index contributed by atoms with van der Waals surface area (Å²) in [6.45, 7) is 1.94. The van der Waals surface area contributed by atoms with E-state index in [1.807, 2.05) is 24.6 Å². The van der Waals surface area contributed by atoms with Gasteiger partial charge in [-0.1, -0.05) is 11.6 Å². The first-order chi connectivity index (χ1) is 5.68. The molecule has 0 saturated heterocycles. The zero-order valence-corrected chi connectivity index (χ0v) is 7.63. The van der Waals surface area contributed by atoms with E-state index < -0.39 is 0 Å². The molecule has 12 heavy (non-hydrogen) atoms. The Labute approximate surface area is 75.0 Å². The predicted molar refractivity (Wildman–Crippen MR) is 48.3 cm³/mol.